The van der Waals surface area contributed by atoms with Crippen LogP contribution in [-0.4, -0.2) is 42.6 Å². The van der Waals surface area contributed by atoms with Gasteiger partial charge in [-0.3, -0.25) is 4.79 Å². The molecule has 5 nitrogen and oxygen atoms in total. The number of amides is 2. The fraction of sp³-hybridized carbons (Fsp3) is 0.368. The van der Waals surface area contributed by atoms with Crippen LogP contribution in [0.3, 0.4) is 0 Å². The van der Waals surface area contributed by atoms with Gasteiger partial charge in [-0.15, -0.1) is 11.3 Å². The Kier molecular flexibility index (Phi) is 5.71. The lowest BCUT2D eigenvalue weighted by Crippen LogP contribution is -2.46. The van der Waals surface area contributed by atoms with Gasteiger partial charge in [-0.05, 0) is 36.8 Å². The lowest BCUT2D eigenvalue weighted by molar-refractivity contribution is 0.0863. The average molecular weight is 358 g/mol. The fourth-order valence-electron chi connectivity index (χ4n) is 3.00. The first-order valence-corrected chi connectivity index (χ1v) is 9.42. The second-order valence-corrected chi connectivity index (χ2v) is 6.88. The van der Waals surface area contributed by atoms with Crippen LogP contribution in [0.2, 0.25) is 0 Å². The molecule has 1 fully saturated rings. The van der Waals surface area contributed by atoms with Gasteiger partial charge in [-0.1, -0.05) is 30.3 Å². The van der Waals surface area contributed by atoms with Crippen LogP contribution in [0.15, 0.2) is 41.8 Å². The maximum atomic E-state index is 12.7. The molecule has 0 bridgehead atoms. The summed E-state index contributed by atoms with van der Waals surface area (Å²) in [6.07, 6.45) is 1.23. The number of piperidine rings is 1. The molecule has 2 aromatic rings. The molecular weight excluding hydrogens is 336 g/mol. The van der Waals surface area contributed by atoms with E-state index in [0.29, 0.717) is 19.7 Å². The van der Waals surface area contributed by atoms with E-state index in [1.807, 2.05) is 41.8 Å². The van der Waals surface area contributed by atoms with E-state index < -0.39 is 0 Å². The third-order valence-electron chi connectivity index (χ3n) is 4.31. The van der Waals surface area contributed by atoms with Crippen LogP contribution in [0.5, 0.6) is 0 Å². The summed E-state index contributed by atoms with van der Waals surface area (Å²) in [5.74, 6) is -0.0385. The SMILES string of the molecule is CCOC(=O)N1CCC(NC(=O)c2sccc2-c2ccccc2)CC1. The largest absolute Gasteiger partial charge is 0.450 e. The molecule has 0 unspecified atom stereocenters. The zero-order chi connectivity index (χ0) is 17.6. The molecular formula is C19H22N2O3S. The number of ether oxygens (including phenoxy) is 1. The van der Waals surface area contributed by atoms with Gasteiger partial charge < -0.3 is 15.0 Å². The van der Waals surface area contributed by atoms with E-state index in [0.717, 1.165) is 28.8 Å². The van der Waals surface area contributed by atoms with Crippen LogP contribution in [0, 0.1) is 0 Å². The zero-order valence-corrected chi connectivity index (χ0v) is 15.1. The first kappa shape index (κ1) is 17.5. The Bertz CT molecular complexity index is 721. The van der Waals surface area contributed by atoms with Gasteiger partial charge in [0.05, 0.1) is 11.5 Å². The summed E-state index contributed by atoms with van der Waals surface area (Å²) in [5.41, 5.74) is 2.01. The predicted molar refractivity (Wildman–Crippen MR) is 98.8 cm³/mol. The van der Waals surface area contributed by atoms with Crippen LogP contribution in [0.4, 0.5) is 4.79 Å². The van der Waals surface area contributed by atoms with Crippen molar-refractivity contribution in [2.75, 3.05) is 19.7 Å². The van der Waals surface area contributed by atoms with E-state index in [1.54, 1.807) is 11.8 Å². The number of carbonyl (C=O) groups excluding carboxylic acids is 2. The minimum absolute atomic E-state index is 0.0385. The van der Waals surface area contributed by atoms with Crippen LogP contribution < -0.4 is 5.32 Å². The van der Waals surface area contributed by atoms with E-state index in [1.165, 1.54) is 11.3 Å². The number of thiophene rings is 1. The predicted octanol–water partition coefficient (Wildman–Crippen LogP) is 3.77. The highest BCUT2D eigenvalue weighted by Crippen LogP contribution is 2.28. The van der Waals surface area contributed by atoms with Gasteiger partial charge in [-0.25, -0.2) is 4.79 Å². The second-order valence-electron chi connectivity index (χ2n) is 5.96. The molecule has 6 heteroatoms. The number of nitrogens with one attached hydrogen (secondary N) is 1. The Morgan fingerprint density at radius 2 is 1.92 bits per heavy atom. The normalized spacial score (nSPS) is 15.0. The van der Waals surface area contributed by atoms with Crippen molar-refractivity contribution in [2.24, 2.45) is 0 Å². The van der Waals surface area contributed by atoms with Crippen molar-refractivity contribution in [1.29, 1.82) is 0 Å². The number of rotatable bonds is 4. The van der Waals surface area contributed by atoms with E-state index in [-0.39, 0.29) is 18.0 Å². The number of likely N-dealkylation sites (tertiary alicyclic amines) is 1. The van der Waals surface area contributed by atoms with Crippen LogP contribution in [-0.2, 0) is 4.74 Å². The number of hydrogen-bond acceptors (Lipinski definition) is 4. The monoisotopic (exact) mass is 358 g/mol. The minimum atomic E-state index is -0.267. The highest BCUT2D eigenvalue weighted by atomic mass is 32.1. The third-order valence-corrected chi connectivity index (χ3v) is 5.23. The standard InChI is InChI=1S/C19H22N2O3S/c1-2-24-19(23)21-11-8-15(9-12-21)20-18(22)17-16(10-13-25-17)14-6-4-3-5-7-14/h3-7,10,13,15H,2,8-9,11-12H2,1H3,(H,20,22). The van der Waals surface area contributed by atoms with Gasteiger partial charge in [0.1, 0.15) is 0 Å². The van der Waals surface area contributed by atoms with Crippen molar-refractivity contribution in [3.8, 4) is 11.1 Å². The fourth-order valence-corrected chi connectivity index (χ4v) is 3.82. The first-order valence-electron chi connectivity index (χ1n) is 8.54. The molecule has 1 aliphatic rings. The molecule has 0 spiro atoms. The van der Waals surface area contributed by atoms with Crippen LogP contribution >= 0.6 is 11.3 Å². The molecule has 0 radical (unpaired) electrons. The maximum absolute atomic E-state index is 12.7. The Hall–Kier alpha value is -2.34. The Morgan fingerprint density at radius 1 is 1.20 bits per heavy atom. The van der Waals surface area contributed by atoms with Crippen molar-refractivity contribution >= 4 is 23.3 Å². The Morgan fingerprint density at radius 3 is 2.60 bits per heavy atom. The molecule has 132 valence electrons. The van der Waals surface area contributed by atoms with Gasteiger partial charge in [0.15, 0.2) is 0 Å². The third kappa shape index (κ3) is 4.20. The quantitative estimate of drug-likeness (QED) is 0.905. The molecule has 1 aromatic heterocycles. The van der Waals surface area contributed by atoms with E-state index in [9.17, 15) is 9.59 Å². The lowest BCUT2D eigenvalue weighted by atomic mass is 10.0. The second kappa shape index (κ2) is 8.16. The number of hydrogen-bond donors (Lipinski definition) is 1. The van der Waals surface area contributed by atoms with Crippen molar-refractivity contribution in [2.45, 2.75) is 25.8 Å². The van der Waals surface area contributed by atoms with Crippen LogP contribution in [0.25, 0.3) is 11.1 Å². The summed E-state index contributed by atoms with van der Waals surface area (Å²) in [6, 6.07) is 12.0. The van der Waals surface area contributed by atoms with E-state index in [4.69, 9.17) is 4.74 Å². The highest BCUT2D eigenvalue weighted by molar-refractivity contribution is 7.12. The van der Waals surface area contributed by atoms with Crippen molar-refractivity contribution < 1.29 is 14.3 Å². The number of carbonyl (C=O) groups is 2. The summed E-state index contributed by atoms with van der Waals surface area (Å²) in [6.45, 7) is 3.41. The molecule has 3 rings (SSSR count). The zero-order valence-electron chi connectivity index (χ0n) is 14.2. The summed E-state index contributed by atoms with van der Waals surface area (Å²) >= 11 is 1.46. The van der Waals surface area contributed by atoms with E-state index in [2.05, 4.69) is 5.32 Å². The summed E-state index contributed by atoms with van der Waals surface area (Å²) in [7, 11) is 0. The lowest BCUT2D eigenvalue weighted by Gasteiger charge is -2.31. The minimum Gasteiger partial charge on any atom is -0.450 e. The van der Waals surface area contributed by atoms with E-state index >= 15 is 0 Å². The molecule has 2 heterocycles. The van der Waals surface area contributed by atoms with Crippen molar-refractivity contribution in [3.63, 3.8) is 0 Å². The summed E-state index contributed by atoms with van der Waals surface area (Å²) in [5, 5.41) is 5.06. The molecule has 1 saturated heterocycles. The molecule has 0 aliphatic carbocycles. The van der Waals surface area contributed by atoms with Gasteiger partial charge in [0.25, 0.3) is 5.91 Å². The molecule has 1 N–H and O–H groups in total. The topological polar surface area (TPSA) is 58.6 Å². The van der Waals surface area contributed by atoms with Gasteiger partial charge in [0, 0.05) is 24.7 Å². The molecule has 25 heavy (non-hydrogen) atoms. The molecule has 2 amide bonds. The molecule has 0 atom stereocenters. The Balaban J connectivity index is 1.60. The molecule has 1 aromatic carbocycles. The smallest absolute Gasteiger partial charge is 0.409 e. The number of benzene rings is 1. The first-order chi connectivity index (χ1) is 12.2. The summed E-state index contributed by atoms with van der Waals surface area (Å²) in [4.78, 5) is 26.8. The van der Waals surface area contributed by atoms with Crippen molar-refractivity contribution in [1.82, 2.24) is 10.2 Å². The highest BCUT2D eigenvalue weighted by Gasteiger charge is 2.25. The van der Waals surface area contributed by atoms with Crippen LogP contribution in [0.1, 0.15) is 29.4 Å². The Labute approximate surface area is 151 Å². The summed E-state index contributed by atoms with van der Waals surface area (Å²) < 4.78 is 5.02. The van der Waals surface area contributed by atoms with Gasteiger partial charge >= 0.3 is 6.09 Å². The number of nitrogens with zero attached hydrogens (tertiary/aromatic N) is 1. The van der Waals surface area contributed by atoms with Gasteiger partial charge in [-0.2, -0.15) is 0 Å². The average Bonchev–Trinajstić information content (AvgIpc) is 3.13. The van der Waals surface area contributed by atoms with Crippen molar-refractivity contribution in [3.05, 3.63) is 46.7 Å². The maximum Gasteiger partial charge on any atom is 0.409 e. The molecule has 1 aliphatic heterocycles. The molecule has 0 saturated carbocycles. The van der Waals surface area contributed by atoms with Gasteiger partial charge in [0.2, 0.25) is 0 Å².